The van der Waals surface area contributed by atoms with Gasteiger partial charge < -0.3 is 0 Å². The van der Waals surface area contributed by atoms with Crippen LogP contribution in [0.2, 0.25) is 0 Å². The first-order valence-electron chi connectivity index (χ1n) is 2.52. The van der Waals surface area contributed by atoms with Crippen molar-refractivity contribution in [2.45, 2.75) is 0 Å². The molecule has 0 fully saturated rings. The molecule has 0 saturated heterocycles. The van der Waals surface area contributed by atoms with Crippen LogP contribution in [0.1, 0.15) is 0 Å². The predicted octanol–water partition coefficient (Wildman–Crippen LogP) is 2.55. The van der Waals surface area contributed by atoms with E-state index in [0.717, 1.165) is 30.3 Å². The van der Waals surface area contributed by atoms with E-state index in [1.807, 2.05) is 30.3 Å². The Hall–Kier alpha value is 0.283. The molecule has 1 aromatic carbocycles. The molecular formula is C6H7Cl2NOZr. The van der Waals surface area contributed by atoms with E-state index in [4.69, 9.17) is 4.84 Å². The fourth-order valence-corrected chi connectivity index (χ4v) is 0.793. The maximum absolute atomic E-state index is 4.87. The van der Waals surface area contributed by atoms with Crippen molar-refractivity contribution in [1.82, 2.24) is 0 Å². The van der Waals surface area contributed by atoms with Crippen LogP contribution < -0.4 is 4.84 Å². The Morgan fingerprint density at radius 3 is 2.09 bits per heavy atom. The molecule has 0 N–H and O–H groups in total. The molecule has 0 aliphatic heterocycles. The monoisotopic (exact) mass is 269 g/mol. The van der Waals surface area contributed by atoms with E-state index in [-0.39, 0.29) is 24.8 Å². The van der Waals surface area contributed by atoms with Gasteiger partial charge in [-0.1, -0.05) is 0 Å². The van der Waals surface area contributed by atoms with Crippen LogP contribution in [0, 0.1) is 0 Å². The molecule has 60 valence electrons. The second-order valence-corrected chi connectivity index (χ2v) is 1.94. The predicted molar refractivity (Wildman–Crippen MR) is 44.0 cm³/mol. The van der Waals surface area contributed by atoms with E-state index in [2.05, 4.69) is 3.04 Å². The fraction of sp³-hybridized carbons (Fsp3) is 0. The van der Waals surface area contributed by atoms with Crippen LogP contribution >= 0.6 is 24.8 Å². The molecule has 0 unspecified atom stereocenters. The summed E-state index contributed by atoms with van der Waals surface area (Å²) in [7, 11) is 0. The number of nitrogens with zero attached hydrogens (tertiary/aromatic N) is 1. The van der Waals surface area contributed by atoms with Crippen LogP contribution in [0.5, 0.6) is 5.75 Å². The summed E-state index contributed by atoms with van der Waals surface area (Å²) in [5.74, 6) is 0.800. The van der Waals surface area contributed by atoms with Crippen molar-refractivity contribution in [3.8, 4) is 5.75 Å². The third-order valence-corrected chi connectivity index (χ3v) is 1.12. The molecule has 0 radical (unpaired) electrons. The first-order valence-corrected chi connectivity index (χ1v) is 3.62. The number of rotatable bonds is 2. The SMILES string of the molecule is Cl.Cl.[Zr]=[N]Oc1ccccc1. The van der Waals surface area contributed by atoms with E-state index < -0.39 is 0 Å². The second-order valence-electron chi connectivity index (χ2n) is 1.50. The first-order chi connectivity index (χ1) is 4.43. The third kappa shape index (κ3) is 5.54. The molecule has 2 nitrogen and oxygen atoms in total. The van der Waals surface area contributed by atoms with E-state index in [9.17, 15) is 0 Å². The van der Waals surface area contributed by atoms with Gasteiger partial charge in [-0.2, -0.15) is 0 Å². The van der Waals surface area contributed by atoms with Gasteiger partial charge in [0, 0.05) is 0 Å². The topological polar surface area (TPSA) is 21.6 Å². The van der Waals surface area contributed by atoms with Gasteiger partial charge in [0.05, 0.1) is 0 Å². The summed E-state index contributed by atoms with van der Waals surface area (Å²) in [6.45, 7) is 0. The Labute approximate surface area is 92.9 Å². The second kappa shape index (κ2) is 8.38. The van der Waals surface area contributed by atoms with Gasteiger partial charge in [-0.05, 0) is 0 Å². The van der Waals surface area contributed by atoms with Crippen molar-refractivity contribution in [3.05, 3.63) is 30.3 Å². The van der Waals surface area contributed by atoms with Crippen molar-refractivity contribution < 1.29 is 29.4 Å². The average molecular weight is 271 g/mol. The number of halogens is 2. The van der Waals surface area contributed by atoms with Gasteiger partial charge in [-0.3, -0.25) is 0 Å². The Bertz CT molecular complexity index is 195. The Morgan fingerprint density at radius 2 is 1.64 bits per heavy atom. The molecule has 0 bridgehead atoms. The van der Waals surface area contributed by atoms with Crippen LogP contribution in [0.15, 0.2) is 33.4 Å². The van der Waals surface area contributed by atoms with Gasteiger partial charge in [0.2, 0.25) is 0 Å². The van der Waals surface area contributed by atoms with Crippen molar-refractivity contribution in [2.24, 2.45) is 3.04 Å². The molecule has 0 saturated carbocycles. The quantitative estimate of drug-likeness (QED) is 0.758. The van der Waals surface area contributed by atoms with Crippen LogP contribution in [0.3, 0.4) is 0 Å². The van der Waals surface area contributed by atoms with Gasteiger partial charge in [-0.15, -0.1) is 24.8 Å². The number of hydrogen-bond acceptors (Lipinski definition) is 2. The number of para-hydroxylation sites is 1. The Morgan fingerprint density at radius 1 is 1.09 bits per heavy atom. The number of hydrogen-bond donors (Lipinski definition) is 0. The molecule has 0 aliphatic rings. The fourth-order valence-electron chi connectivity index (χ4n) is 0.534. The zero-order valence-electron chi connectivity index (χ0n) is 5.56. The molecule has 1 rings (SSSR count). The minimum absolute atomic E-state index is 0. The summed E-state index contributed by atoms with van der Waals surface area (Å²) in [6.07, 6.45) is 0. The van der Waals surface area contributed by atoms with E-state index >= 15 is 0 Å². The van der Waals surface area contributed by atoms with Gasteiger partial charge in [0.1, 0.15) is 0 Å². The summed E-state index contributed by atoms with van der Waals surface area (Å²) in [5.41, 5.74) is 0. The molecule has 0 aliphatic carbocycles. The van der Waals surface area contributed by atoms with Crippen molar-refractivity contribution in [1.29, 1.82) is 0 Å². The summed E-state index contributed by atoms with van der Waals surface area (Å²) in [6, 6.07) is 9.50. The Kier molecular flexibility index (Phi) is 10.5. The van der Waals surface area contributed by atoms with Gasteiger partial charge in [0.25, 0.3) is 0 Å². The molecule has 0 aromatic heterocycles. The standard InChI is InChI=1S/C6H5NO.2ClH.Zr/c7-8-6-4-2-1-3-5-6;;;/h1-5H;2*1H;. The van der Waals surface area contributed by atoms with E-state index in [1.165, 1.54) is 0 Å². The molecular weight excluding hydrogens is 264 g/mol. The summed E-state index contributed by atoms with van der Waals surface area (Å²) in [5, 5.41) is 0. The molecule has 0 spiro atoms. The van der Waals surface area contributed by atoms with Gasteiger partial charge in [-0.25, -0.2) is 0 Å². The minimum atomic E-state index is 0. The Balaban J connectivity index is 0. The molecule has 0 amide bonds. The van der Waals surface area contributed by atoms with E-state index in [0.29, 0.717) is 0 Å². The molecule has 5 heteroatoms. The molecule has 11 heavy (non-hydrogen) atoms. The third-order valence-electron chi connectivity index (χ3n) is 0.894. The van der Waals surface area contributed by atoms with Gasteiger partial charge in [0.15, 0.2) is 0 Å². The van der Waals surface area contributed by atoms with Crippen molar-refractivity contribution in [3.63, 3.8) is 0 Å². The first kappa shape index (κ1) is 13.8. The van der Waals surface area contributed by atoms with Crippen LogP contribution in [0.25, 0.3) is 0 Å². The van der Waals surface area contributed by atoms with Crippen LogP contribution in [0.4, 0.5) is 0 Å². The van der Waals surface area contributed by atoms with Crippen LogP contribution in [-0.4, -0.2) is 0 Å². The van der Waals surface area contributed by atoms with E-state index in [1.54, 1.807) is 0 Å². The summed E-state index contributed by atoms with van der Waals surface area (Å²) >= 11 is 1.04. The maximum atomic E-state index is 4.87. The average Bonchev–Trinajstić information content (AvgIpc) is 1.91. The zero-order valence-corrected chi connectivity index (χ0v) is 9.65. The molecule has 0 atom stereocenters. The number of benzene rings is 1. The van der Waals surface area contributed by atoms with Gasteiger partial charge >= 0.3 is 68.5 Å². The van der Waals surface area contributed by atoms with Crippen LogP contribution in [-0.2, 0) is 24.6 Å². The zero-order chi connectivity index (χ0) is 6.53. The summed E-state index contributed by atoms with van der Waals surface area (Å²) < 4.78 is 3.60. The molecule has 1 aromatic rings. The van der Waals surface area contributed by atoms with Crippen molar-refractivity contribution in [2.75, 3.05) is 0 Å². The molecule has 0 heterocycles. The normalized spacial score (nSPS) is 6.82. The van der Waals surface area contributed by atoms with Crippen molar-refractivity contribution >= 4 is 24.8 Å². The summed E-state index contributed by atoms with van der Waals surface area (Å²) in [4.78, 5) is 4.87.